The zero-order chi connectivity index (χ0) is 11.8. The Hall–Kier alpha value is -0.820. The van der Waals surface area contributed by atoms with Gasteiger partial charge in [0, 0.05) is 6.04 Å². The van der Waals surface area contributed by atoms with Gasteiger partial charge in [-0.05, 0) is 54.7 Å². The first kappa shape index (κ1) is 11.3. The summed E-state index contributed by atoms with van der Waals surface area (Å²) in [5.74, 6) is 2.63. The van der Waals surface area contributed by atoms with Crippen LogP contribution in [0, 0.1) is 5.92 Å². The van der Waals surface area contributed by atoms with E-state index in [0.29, 0.717) is 6.04 Å². The third-order valence-electron chi connectivity index (χ3n) is 4.12. The van der Waals surface area contributed by atoms with Crippen molar-refractivity contribution in [3.63, 3.8) is 0 Å². The Morgan fingerprint density at radius 1 is 1.18 bits per heavy atom. The fourth-order valence-corrected chi connectivity index (χ4v) is 2.86. The Balaban J connectivity index is 1.65. The van der Waals surface area contributed by atoms with Gasteiger partial charge in [-0.3, -0.25) is 0 Å². The molecule has 1 heteroatoms. The maximum absolute atomic E-state index is 3.57. The number of nitrogens with one attached hydrogen (secondary N) is 1. The third kappa shape index (κ3) is 2.55. The lowest BCUT2D eigenvalue weighted by molar-refractivity contribution is 0.554. The van der Waals surface area contributed by atoms with Crippen molar-refractivity contribution in [2.45, 2.75) is 51.0 Å². The first-order valence-corrected chi connectivity index (χ1v) is 7.08. The summed E-state index contributed by atoms with van der Waals surface area (Å²) in [6, 6.07) is 9.77. The molecule has 1 aromatic carbocycles. The number of rotatable bonds is 5. The Morgan fingerprint density at radius 3 is 2.53 bits per heavy atom. The van der Waals surface area contributed by atoms with E-state index in [1.165, 1.54) is 25.8 Å². The van der Waals surface area contributed by atoms with E-state index < -0.39 is 0 Å². The highest BCUT2D eigenvalue weighted by atomic mass is 14.9. The lowest BCUT2D eigenvalue weighted by Gasteiger charge is -2.10. The second-order valence-electron chi connectivity index (χ2n) is 6.07. The van der Waals surface area contributed by atoms with E-state index in [0.717, 1.165) is 17.8 Å². The molecular weight excluding hydrogens is 206 g/mol. The van der Waals surface area contributed by atoms with Gasteiger partial charge >= 0.3 is 0 Å². The van der Waals surface area contributed by atoms with Crippen molar-refractivity contribution in [3.05, 3.63) is 35.4 Å². The molecule has 2 saturated carbocycles. The Bertz CT molecular complexity index is 392. The van der Waals surface area contributed by atoms with Gasteiger partial charge in [0.2, 0.25) is 0 Å². The number of benzene rings is 1. The number of hydrogen-bond donors (Lipinski definition) is 1. The normalized spacial score (nSPS) is 27.5. The summed E-state index contributed by atoms with van der Waals surface area (Å²) in [6.45, 7) is 5.66. The highest BCUT2D eigenvalue weighted by Crippen LogP contribution is 2.52. The molecule has 0 spiro atoms. The average Bonchev–Trinajstić information content (AvgIpc) is 3.19. The predicted octanol–water partition coefficient (Wildman–Crippen LogP) is 3.67. The zero-order valence-corrected chi connectivity index (χ0v) is 10.9. The Labute approximate surface area is 105 Å². The smallest absolute Gasteiger partial charge is 0.00104 e. The molecule has 0 amide bonds. The van der Waals surface area contributed by atoms with Gasteiger partial charge in [0.05, 0.1) is 0 Å². The first-order valence-electron chi connectivity index (χ1n) is 7.08. The van der Waals surface area contributed by atoms with Gasteiger partial charge in [-0.1, -0.05) is 38.1 Å². The second-order valence-corrected chi connectivity index (χ2v) is 6.07. The molecule has 0 aromatic heterocycles. The molecule has 92 valence electrons. The van der Waals surface area contributed by atoms with Gasteiger partial charge in [0.15, 0.2) is 0 Å². The SMILES string of the molecule is CC(C)NCC1CC1c1ccccc1C1CC1. The van der Waals surface area contributed by atoms with Gasteiger partial charge in [-0.25, -0.2) is 0 Å². The second kappa shape index (κ2) is 4.45. The summed E-state index contributed by atoms with van der Waals surface area (Å²) in [5.41, 5.74) is 3.31. The molecule has 2 atom stereocenters. The molecule has 0 radical (unpaired) electrons. The van der Waals surface area contributed by atoms with Crippen LogP contribution in [0.3, 0.4) is 0 Å². The quantitative estimate of drug-likeness (QED) is 0.812. The van der Waals surface area contributed by atoms with Crippen LogP contribution in [0.2, 0.25) is 0 Å². The minimum atomic E-state index is 0.620. The van der Waals surface area contributed by atoms with Crippen molar-refractivity contribution < 1.29 is 0 Å². The largest absolute Gasteiger partial charge is 0.314 e. The first-order chi connectivity index (χ1) is 8.25. The zero-order valence-electron chi connectivity index (χ0n) is 10.9. The van der Waals surface area contributed by atoms with E-state index in [1.54, 1.807) is 11.1 Å². The maximum atomic E-state index is 3.57. The summed E-state index contributed by atoms with van der Waals surface area (Å²) in [4.78, 5) is 0. The van der Waals surface area contributed by atoms with Crippen molar-refractivity contribution in [3.8, 4) is 0 Å². The van der Waals surface area contributed by atoms with E-state index in [2.05, 4.69) is 43.4 Å². The van der Waals surface area contributed by atoms with Crippen LogP contribution >= 0.6 is 0 Å². The van der Waals surface area contributed by atoms with Gasteiger partial charge in [-0.15, -0.1) is 0 Å². The fourth-order valence-electron chi connectivity index (χ4n) is 2.86. The van der Waals surface area contributed by atoms with E-state index >= 15 is 0 Å². The summed E-state index contributed by atoms with van der Waals surface area (Å²) in [5, 5.41) is 3.57. The van der Waals surface area contributed by atoms with Crippen molar-refractivity contribution in [1.29, 1.82) is 0 Å². The minimum Gasteiger partial charge on any atom is -0.314 e. The standard InChI is InChI=1S/C16H23N/c1-11(2)17-10-13-9-16(13)15-6-4-3-5-14(15)12-7-8-12/h3-6,11-13,16-17H,7-10H2,1-2H3. The topological polar surface area (TPSA) is 12.0 Å². The lowest BCUT2D eigenvalue weighted by Crippen LogP contribution is -2.25. The van der Waals surface area contributed by atoms with Crippen LogP contribution in [0.5, 0.6) is 0 Å². The predicted molar refractivity (Wildman–Crippen MR) is 72.4 cm³/mol. The Kier molecular flexibility index (Phi) is 2.96. The van der Waals surface area contributed by atoms with E-state index in [9.17, 15) is 0 Å². The van der Waals surface area contributed by atoms with E-state index in [4.69, 9.17) is 0 Å². The molecule has 2 unspecified atom stereocenters. The van der Waals surface area contributed by atoms with Crippen LogP contribution in [0.25, 0.3) is 0 Å². The van der Waals surface area contributed by atoms with Crippen LogP contribution in [-0.4, -0.2) is 12.6 Å². The highest BCUT2D eigenvalue weighted by molar-refractivity contribution is 5.39. The van der Waals surface area contributed by atoms with Crippen LogP contribution in [0.1, 0.15) is 56.1 Å². The molecule has 0 heterocycles. The Morgan fingerprint density at radius 2 is 1.88 bits per heavy atom. The molecule has 0 saturated heterocycles. The molecule has 0 bridgehead atoms. The van der Waals surface area contributed by atoms with E-state index in [1.807, 2.05) is 0 Å². The summed E-state index contributed by atoms with van der Waals surface area (Å²) in [6.07, 6.45) is 4.22. The molecular formula is C16H23N. The summed E-state index contributed by atoms with van der Waals surface area (Å²) >= 11 is 0. The average molecular weight is 229 g/mol. The molecule has 1 N–H and O–H groups in total. The van der Waals surface area contributed by atoms with Gasteiger partial charge in [0.1, 0.15) is 0 Å². The van der Waals surface area contributed by atoms with Gasteiger partial charge < -0.3 is 5.32 Å². The fraction of sp³-hybridized carbons (Fsp3) is 0.625. The maximum Gasteiger partial charge on any atom is 0.00104 e. The van der Waals surface area contributed by atoms with Crippen LogP contribution in [-0.2, 0) is 0 Å². The van der Waals surface area contributed by atoms with E-state index in [-0.39, 0.29) is 0 Å². The van der Waals surface area contributed by atoms with Crippen molar-refractivity contribution in [2.75, 3.05) is 6.54 Å². The summed E-state index contributed by atoms with van der Waals surface area (Å²) < 4.78 is 0. The lowest BCUT2D eigenvalue weighted by atomic mass is 9.98. The summed E-state index contributed by atoms with van der Waals surface area (Å²) in [7, 11) is 0. The van der Waals surface area contributed by atoms with Crippen molar-refractivity contribution >= 4 is 0 Å². The van der Waals surface area contributed by atoms with Gasteiger partial charge in [0.25, 0.3) is 0 Å². The molecule has 3 rings (SSSR count). The molecule has 2 aliphatic rings. The molecule has 0 aliphatic heterocycles. The van der Waals surface area contributed by atoms with Crippen molar-refractivity contribution in [2.24, 2.45) is 5.92 Å². The molecule has 2 fully saturated rings. The monoisotopic (exact) mass is 229 g/mol. The number of hydrogen-bond acceptors (Lipinski definition) is 1. The molecule has 17 heavy (non-hydrogen) atoms. The third-order valence-corrected chi connectivity index (χ3v) is 4.12. The molecule has 1 aromatic rings. The highest BCUT2D eigenvalue weighted by Gasteiger charge is 2.40. The van der Waals surface area contributed by atoms with Crippen LogP contribution < -0.4 is 5.32 Å². The molecule has 1 nitrogen and oxygen atoms in total. The van der Waals surface area contributed by atoms with Gasteiger partial charge in [-0.2, -0.15) is 0 Å². The minimum absolute atomic E-state index is 0.620. The van der Waals surface area contributed by atoms with Crippen LogP contribution in [0.15, 0.2) is 24.3 Å². The molecule has 2 aliphatic carbocycles. The van der Waals surface area contributed by atoms with Crippen LogP contribution in [0.4, 0.5) is 0 Å². The van der Waals surface area contributed by atoms with Crippen molar-refractivity contribution in [1.82, 2.24) is 5.32 Å².